The van der Waals surface area contributed by atoms with Crippen molar-refractivity contribution < 1.29 is 19.1 Å². The summed E-state index contributed by atoms with van der Waals surface area (Å²) in [6, 6.07) is 10.5. The van der Waals surface area contributed by atoms with Crippen LogP contribution in [0.15, 0.2) is 41.8 Å². The molecule has 0 radical (unpaired) electrons. The van der Waals surface area contributed by atoms with Crippen molar-refractivity contribution in [3.05, 3.63) is 52.2 Å². The number of rotatable bonds is 8. The van der Waals surface area contributed by atoms with Gasteiger partial charge in [0.05, 0.1) is 18.2 Å². The molecule has 1 aromatic heterocycles. The maximum atomic E-state index is 12.0. The Labute approximate surface area is 152 Å². The van der Waals surface area contributed by atoms with Crippen LogP contribution < -0.4 is 10.1 Å². The summed E-state index contributed by atoms with van der Waals surface area (Å²) in [6.45, 7) is 6.33. The second kappa shape index (κ2) is 9.22. The van der Waals surface area contributed by atoms with Crippen LogP contribution in [0.1, 0.15) is 42.0 Å². The molecule has 25 heavy (non-hydrogen) atoms. The maximum absolute atomic E-state index is 12.0. The number of carbonyl (C=O) groups is 2. The highest BCUT2D eigenvalue weighted by molar-refractivity contribution is 7.10. The van der Waals surface area contributed by atoms with Crippen LogP contribution in [-0.4, -0.2) is 25.1 Å². The second-order valence-electron chi connectivity index (χ2n) is 6.11. The van der Waals surface area contributed by atoms with Crippen molar-refractivity contribution in [2.24, 2.45) is 5.92 Å². The van der Waals surface area contributed by atoms with Crippen LogP contribution in [0.4, 0.5) is 0 Å². The Hall–Kier alpha value is -2.34. The lowest BCUT2D eigenvalue weighted by Crippen LogP contribution is -2.30. The average molecular weight is 361 g/mol. The van der Waals surface area contributed by atoms with Gasteiger partial charge in [-0.15, -0.1) is 11.3 Å². The fraction of sp³-hybridized carbons (Fsp3) is 0.368. The summed E-state index contributed by atoms with van der Waals surface area (Å²) < 4.78 is 10.6. The Kier molecular flexibility index (Phi) is 7.01. The van der Waals surface area contributed by atoms with Crippen LogP contribution in [0, 0.1) is 5.92 Å². The van der Waals surface area contributed by atoms with Crippen LogP contribution in [0.3, 0.4) is 0 Å². The Morgan fingerprint density at radius 1 is 1.12 bits per heavy atom. The predicted molar refractivity (Wildman–Crippen MR) is 97.9 cm³/mol. The van der Waals surface area contributed by atoms with E-state index < -0.39 is 5.97 Å². The number of carbonyl (C=O) groups excluding carboxylic acids is 2. The van der Waals surface area contributed by atoms with Gasteiger partial charge in [0.1, 0.15) is 5.75 Å². The van der Waals surface area contributed by atoms with Crippen LogP contribution in [0.25, 0.3) is 0 Å². The van der Waals surface area contributed by atoms with Crippen LogP contribution >= 0.6 is 11.3 Å². The highest BCUT2D eigenvalue weighted by Crippen LogP contribution is 2.18. The molecule has 0 aliphatic rings. The predicted octanol–water partition coefficient (Wildman–Crippen LogP) is 3.82. The average Bonchev–Trinajstić information content (AvgIpc) is 3.13. The molecule has 0 saturated heterocycles. The third kappa shape index (κ3) is 6.23. The first-order valence-corrected chi connectivity index (χ1v) is 9.06. The Morgan fingerprint density at radius 3 is 2.44 bits per heavy atom. The normalized spacial score (nSPS) is 11.8. The van der Waals surface area contributed by atoms with E-state index in [0.29, 0.717) is 23.8 Å². The lowest BCUT2D eigenvalue weighted by atomic mass is 10.2. The van der Waals surface area contributed by atoms with E-state index in [2.05, 4.69) is 19.2 Å². The van der Waals surface area contributed by atoms with E-state index in [0.717, 1.165) is 4.88 Å². The fourth-order valence-corrected chi connectivity index (χ4v) is 2.79. The zero-order valence-corrected chi connectivity index (χ0v) is 15.5. The fourth-order valence-electron chi connectivity index (χ4n) is 2.06. The molecular formula is C19H23NO4S. The first-order valence-electron chi connectivity index (χ1n) is 8.18. The lowest BCUT2D eigenvalue weighted by molar-refractivity contribution is -0.124. The van der Waals surface area contributed by atoms with Gasteiger partial charge in [0, 0.05) is 4.88 Å². The SMILES string of the molecule is CC(C)COc1ccc(C(=O)OCC(=O)N[C@@H](C)c2cccs2)cc1. The number of hydrogen-bond acceptors (Lipinski definition) is 5. The topological polar surface area (TPSA) is 64.6 Å². The van der Waals surface area contributed by atoms with Gasteiger partial charge < -0.3 is 14.8 Å². The van der Waals surface area contributed by atoms with Gasteiger partial charge in [-0.05, 0) is 48.6 Å². The molecule has 1 aromatic carbocycles. The third-order valence-corrected chi connectivity index (χ3v) is 4.41. The molecule has 1 amide bonds. The Morgan fingerprint density at radius 2 is 1.84 bits per heavy atom. The van der Waals surface area contributed by atoms with E-state index in [9.17, 15) is 9.59 Å². The molecular weight excluding hydrogens is 338 g/mol. The Balaban J connectivity index is 1.78. The summed E-state index contributed by atoms with van der Waals surface area (Å²) in [6.07, 6.45) is 0. The van der Waals surface area contributed by atoms with Crippen molar-refractivity contribution in [2.75, 3.05) is 13.2 Å². The molecule has 5 nitrogen and oxygen atoms in total. The molecule has 6 heteroatoms. The van der Waals surface area contributed by atoms with Gasteiger partial charge in [-0.1, -0.05) is 19.9 Å². The van der Waals surface area contributed by atoms with Crippen molar-refractivity contribution in [1.82, 2.24) is 5.32 Å². The quantitative estimate of drug-likeness (QED) is 0.726. The summed E-state index contributed by atoms with van der Waals surface area (Å²) in [4.78, 5) is 24.9. The molecule has 0 aliphatic heterocycles. The monoisotopic (exact) mass is 361 g/mol. The van der Waals surface area contributed by atoms with Gasteiger partial charge in [0.15, 0.2) is 6.61 Å². The molecule has 0 spiro atoms. The number of nitrogens with one attached hydrogen (secondary N) is 1. The number of amides is 1. The summed E-state index contributed by atoms with van der Waals surface area (Å²) >= 11 is 1.57. The van der Waals surface area contributed by atoms with Crippen LogP contribution in [0.2, 0.25) is 0 Å². The van der Waals surface area contributed by atoms with E-state index >= 15 is 0 Å². The van der Waals surface area contributed by atoms with Crippen LogP contribution in [0.5, 0.6) is 5.75 Å². The van der Waals surface area contributed by atoms with Gasteiger partial charge in [-0.3, -0.25) is 4.79 Å². The number of benzene rings is 1. The van der Waals surface area contributed by atoms with Gasteiger partial charge >= 0.3 is 5.97 Å². The number of hydrogen-bond donors (Lipinski definition) is 1. The van der Waals surface area contributed by atoms with E-state index in [1.807, 2.05) is 24.4 Å². The maximum Gasteiger partial charge on any atom is 0.338 e. The molecule has 2 rings (SSSR count). The molecule has 1 atom stereocenters. The summed E-state index contributed by atoms with van der Waals surface area (Å²) in [5, 5.41) is 4.75. The molecule has 134 valence electrons. The number of thiophene rings is 1. The molecule has 0 aliphatic carbocycles. The minimum atomic E-state index is -0.533. The minimum Gasteiger partial charge on any atom is -0.493 e. The van der Waals surface area contributed by atoms with Crippen molar-refractivity contribution in [3.63, 3.8) is 0 Å². The van der Waals surface area contributed by atoms with E-state index in [1.165, 1.54) is 0 Å². The molecule has 0 saturated carbocycles. The Bertz CT molecular complexity index is 680. The molecule has 2 aromatic rings. The standard InChI is InChI=1S/C19H23NO4S/c1-13(2)11-23-16-8-6-15(7-9-16)19(22)24-12-18(21)20-14(3)17-5-4-10-25-17/h4-10,13-14H,11-12H2,1-3H3,(H,20,21)/t14-/m0/s1. The van der Waals surface area contributed by atoms with E-state index in [4.69, 9.17) is 9.47 Å². The van der Waals surface area contributed by atoms with E-state index in [-0.39, 0.29) is 18.6 Å². The smallest absolute Gasteiger partial charge is 0.338 e. The third-order valence-electron chi connectivity index (χ3n) is 3.36. The van der Waals surface area contributed by atoms with E-state index in [1.54, 1.807) is 35.6 Å². The summed E-state index contributed by atoms with van der Waals surface area (Å²) in [5.41, 5.74) is 0.385. The van der Waals surface area contributed by atoms with Gasteiger partial charge in [-0.25, -0.2) is 4.79 Å². The summed E-state index contributed by atoms with van der Waals surface area (Å²) in [7, 11) is 0. The van der Waals surface area contributed by atoms with Gasteiger partial charge in [-0.2, -0.15) is 0 Å². The number of esters is 1. The first kappa shape index (κ1) is 19.0. The van der Waals surface area contributed by atoms with Crippen LogP contribution in [-0.2, 0) is 9.53 Å². The highest BCUT2D eigenvalue weighted by atomic mass is 32.1. The van der Waals surface area contributed by atoms with Gasteiger partial charge in [0.2, 0.25) is 0 Å². The minimum absolute atomic E-state index is 0.108. The summed E-state index contributed by atoms with van der Waals surface area (Å²) in [5.74, 6) is 0.271. The molecule has 1 heterocycles. The number of ether oxygens (including phenoxy) is 2. The molecule has 0 unspecified atom stereocenters. The molecule has 1 N–H and O–H groups in total. The highest BCUT2D eigenvalue weighted by Gasteiger charge is 2.13. The van der Waals surface area contributed by atoms with Crippen molar-refractivity contribution in [2.45, 2.75) is 26.8 Å². The van der Waals surface area contributed by atoms with Gasteiger partial charge in [0.25, 0.3) is 5.91 Å². The molecule has 0 fully saturated rings. The second-order valence-corrected chi connectivity index (χ2v) is 7.09. The molecule has 0 bridgehead atoms. The first-order chi connectivity index (χ1) is 12.0. The van der Waals surface area contributed by atoms with Crippen molar-refractivity contribution >= 4 is 23.2 Å². The van der Waals surface area contributed by atoms with Crippen molar-refractivity contribution in [1.29, 1.82) is 0 Å². The largest absolute Gasteiger partial charge is 0.493 e. The van der Waals surface area contributed by atoms with Crippen molar-refractivity contribution in [3.8, 4) is 5.75 Å². The zero-order chi connectivity index (χ0) is 18.2. The lowest BCUT2D eigenvalue weighted by Gasteiger charge is -2.12. The zero-order valence-electron chi connectivity index (χ0n) is 14.7.